The first-order valence-electron chi connectivity index (χ1n) is 8.61. The Hall–Kier alpha value is -1.02. The molecule has 6 heteroatoms. The fourth-order valence-electron chi connectivity index (χ4n) is 2.72. The zero-order chi connectivity index (χ0) is 16.5. The minimum absolute atomic E-state index is 0. The van der Waals surface area contributed by atoms with Crippen molar-refractivity contribution in [2.75, 3.05) is 39.8 Å². The van der Waals surface area contributed by atoms with Crippen LogP contribution in [0.5, 0.6) is 5.75 Å². The third kappa shape index (κ3) is 7.25. The summed E-state index contributed by atoms with van der Waals surface area (Å²) in [4.78, 5) is 7.10. The van der Waals surface area contributed by atoms with Gasteiger partial charge < -0.3 is 20.3 Å². The van der Waals surface area contributed by atoms with Gasteiger partial charge >= 0.3 is 0 Å². The van der Waals surface area contributed by atoms with Crippen molar-refractivity contribution >= 4 is 29.9 Å². The van der Waals surface area contributed by atoms with Gasteiger partial charge in [-0.3, -0.25) is 4.99 Å². The van der Waals surface area contributed by atoms with E-state index in [1.165, 1.54) is 24.9 Å². The molecular formula is C18H31IN4O. The molecule has 1 heterocycles. The molecule has 5 nitrogen and oxygen atoms in total. The number of benzene rings is 1. The number of aryl methyl sites for hydroxylation is 1. The summed E-state index contributed by atoms with van der Waals surface area (Å²) in [5.41, 5.74) is 1.24. The van der Waals surface area contributed by atoms with Gasteiger partial charge in [0.2, 0.25) is 0 Å². The smallest absolute Gasteiger partial charge is 0.191 e. The van der Waals surface area contributed by atoms with Crippen LogP contribution in [0.3, 0.4) is 0 Å². The Morgan fingerprint density at radius 3 is 2.67 bits per heavy atom. The molecule has 0 amide bonds. The lowest BCUT2D eigenvalue weighted by atomic mass is 10.2. The number of ether oxygens (including phenoxy) is 1. The Bertz CT molecular complexity index is 492. The van der Waals surface area contributed by atoms with Crippen molar-refractivity contribution in [3.63, 3.8) is 0 Å². The van der Waals surface area contributed by atoms with Crippen LogP contribution in [0.15, 0.2) is 29.3 Å². The second-order valence-corrected chi connectivity index (χ2v) is 6.08. The van der Waals surface area contributed by atoms with Gasteiger partial charge in [0.1, 0.15) is 12.4 Å². The van der Waals surface area contributed by atoms with Crippen LogP contribution in [0, 0.1) is 6.92 Å². The molecule has 1 atom stereocenters. The monoisotopic (exact) mass is 446 g/mol. The predicted molar refractivity (Wildman–Crippen MR) is 112 cm³/mol. The highest BCUT2D eigenvalue weighted by Crippen LogP contribution is 2.14. The van der Waals surface area contributed by atoms with E-state index in [1.807, 2.05) is 12.1 Å². The van der Waals surface area contributed by atoms with Crippen LogP contribution < -0.4 is 15.4 Å². The lowest BCUT2D eigenvalue weighted by Crippen LogP contribution is -2.40. The van der Waals surface area contributed by atoms with E-state index in [-0.39, 0.29) is 24.0 Å². The summed E-state index contributed by atoms with van der Waals surface area (Å²) in [5, 5.41) is 6.63. The highest BCUT2D eigenvalue weighted by molar-refractivity contribution is 14.0. The Balaban J connectivity index is 0.00000288. The van der Waals surface area contributed by atoms with Crippen molar-refractivity contribution in [1.29, 1.82) is 0 Å². The molecule has 1 saturated heterocycles. The average molecular weight is 446 g/mol. The summed E-state index contributed by atoms with van der Waals surface area (Å²) in [6.45, 7) is 8.43. The lowest BCUT2D eigenvalue weighted by Gasteiger charge is -2.18. The number of nitrogens with zero attached hydrogens (tertiary/aromatic N) is 2. The number of rotatable bonds is 7. The second-order valence-electron chi connectivity index (χ2n) is 6.08. The van der Waals surface area contributed by atoms with Gasteiger partial charge in [0.25, 0.3) is 0 Å². The fraction of sp³-hybridized carbons (Fsp3) is 0.611. The van der Waals surface area contributed by atoms with Crippen molar-refractivity contribution in [2.45, 2.75) is 32.7 Å². The summed E-state index contributed by atoms with van der Waals surface area (Å²) in [6.07, 6.45) is 2.53. The first-order chi connectivity index (χ1) is 11.2. The standard InChI is InChI=1S/C18H30N4O.HI/c1-4-19-18(21-14-16-6-5-12-22(16)3)20-11-13-23-17-9-7-15(2)8-10-17;/h7-10,16H,4-6,11-14H2,1-3H3,(H2,19,20,21);1H. The van der Waals surface area contributed by atoms with Gasteiger partial charge in [0.05, 0.1) is 13.1 Å². The van der Waals surface area contributed by atoms with Crippen LogP contribution >= 0.6 is 24.0 Å². The largest absolute Gasteiger partial charge is 0.492 e. The van der Waals surface area contributed by atoms with E-state index in [4.69, 9.17) is 9.73 Å². The zero-order valence-electron chi connectivity index (χ0n) is 15.0. The van der Waals surface area contributed by atoms with Gasteiger partial charge in [-0.1, -0.05) is 17.7 Å². The van der Waals surface area contributed by atoms with E-state index in [1.54, 1.807) is 0 Å². The summed E-state index contributed by atoms with van der Waals surface area (Å²) in [6, 6.07) is 8.71. The highest BCUT2D eigenvalue weighted by atomic mass is 127. The summed E-state index contributed by atoms with van der Waals surface area (Å²) in [7, 11) is 2.18. The Morgan fingerprint density at radius 1 is 1.29 bits per heavy atom. The van der Waals surface area contributed by atoms with E-state index in [2.05, 4.69) is 48.6 Å². The van der Waals surface area contributed by atoms with E-state index in [0.29, 0.717) is 12.6 Å². The third-order valence-corrected chi connectivity index (χ3v) is 4.16. The van der Waals surface area contributed by atoms with Gasteiger partial charge in [-0.25, -0.2) is 0 Å². The number of hydrogen-bond donors (Lipinski definition) is 2. The summed E-state index contributed by atoms with van der Waals surface area (Å²) >= 11 is 0. The van der Waals surface area contributed by atoms with Gasteiger partial charge in [-0.15, -0.1) is 24.0 Å². The predicted octanol–water partition coefficient (Wildman–Crippen LogP) is 2.64. The summed E-state index contributed by atoms with van der Waals surface area (Å²) in [5.74, 6) is 1.78. The Kier molecular flexibility index (Phi) is 10.1. The quantitative estimate of drug-likeness (QED) is 0.293. The van der Waals surface area contributed by atoms with Crippen molar-refractivity contribution < 1.29 is 4.74 Å². The van der Waals surface area contributed by atoms with Crippen LogP contribution in [-0.4, -0.2) is 56.7 Å². The van der Waals surface area contributed by atoms with Crippen molar-refractivity contribution in [1.82, 2.24) is 15.5 Å². The number of likely N-dealkylation sites (N-methyl/N-ethyl adjacent to an activating group) is 1. The van der Waals surface area contributed by atoms with Gasteiger partial charge in [0.15, 0.2) is 5.96 Å². The van der Waals surface area contributed by atoms with Crippen LogP contribution in [-0.2, 0) is 0 Å². The van der Waals surface area contributed by atoms with Crippen molar-refractivity contribution in [3.8, 4) is 5.75 Å². The van der Waals surface area contributed by atoms with Crippen LogP contribution in [0.1, 0.15) is 25.3 Å². The number of halogens is 1. The maximum absolute atomic E-state index is 5.73. The molecule has 0 aliphatic carbocycles. The molecular weight excluding hydrogens is 415 g/mol. The minimum Gasteiger partial charge on any atom is -0.492 e. The maximum Gasteiger partial charge on any atom is 0.191 e. The van der Waals surface area contributed by atoms with Crippen LogP contribution in [0.25, 0.3) is 0 Å². The van der Waals surface area contributed by atoms with Crippen molar-refractivity contribution in [3.05, 3.63) is 29.8 Å². The molecule has 1 aromatic carbocycles. The van der Waals surface area contributed by atoms with E-state index >= 15 is 0 Å². The number of likely N-dealkylation sites (tertiary alicyclic amines) is 1. The first kappa shape index (κ1) is 21.0. The maximum atomic E-state index is 5.73. The molecule has 1 aliphatic heterocycles. The Labute approximate surface area is 163 Å². The van der Waals surface area contributed by atoms with E-state index in [0.717, 1.165) is 31.3 Å². The van der Waals surface area contributed by atoms with Crippen LogP contribution in [0.2, 0.25) is 0 Å². The molecule has 0 radical (unpaired) electrons. The number of nitrogens with one attached hydrogen (secondary N) is 2. The van der Waals surface area contributed by atoms with E-state index in [9.17, 15) is 0 Å². The molecule has 24 heavy (non-hydrogen) atoms. The van der Waals surface area contributed by atoms with E-state index < -0.39 is 0 Å². The number of hydrogen-bond acceptors (Lipinski definition) is 3. The van der Waals surface area contributed by atoms with Gasteiger partial charge in [-0.2, -0.15) is 0 Å². The summed E-state index contributed by atoms with van der Waals surface area (Å²) < 4.78 is 5.73. The Morgan fingerprint density at radius 2 is 2.04 bits per heavy atom. The molecule has 0 saturated carbocycles. The second kappa shape index (κ2) is 11.5. The number of aliphatic imine (C=N–C) groups is 1. The van der Waals surface area contributed by atoms with Crippen LogP contribution in [0.4, 0.5) is 0 Å². The highest BCUT2D eigenvalue weighted by Gasteiger charge is 2.20. The first-order valence-corrected chi connectivity index (χ1v) is 8.61. The molecule has 1 aliphatic rings. The molecule has 0 bridgehead atoms. The fourth-order valence-corrected chi connectivity index (χ4v) is 2.72. The molecule has 1 fully saturated rings. The normalized spacial score (nSPS) is 18.1. The molecule has 2 N–H and O–H groups in total. The molecule has 0 aromatic heterocycles. The lowest BCUT2D eigenvalue weighted by molar-refractivity contribution is 0.315. The molecule has 136 valence electrons. The molecule has 0 spiro atoms. The molecule has 1 aromatic rings. The molecule has 1 unspecified atom stereocenters. The average Bonchev–Trinajstić information content (AvgIpc) is 2.96. The molecule has 2 rings (SSSR count). The van der Waals surface area contributed by atoms with Gasteiger partial charge in [-0.05, 0) is 52.4 Å². The minimum atomic E-state index is 0. The number of guanidine groups is 1. The zero-order valence-corrected chi connectivity index (χ0v) is 17.4. The van der Waals surface area contributed by atoms with Crippen molar-refractivity contribution in [2.24, 2.45) is 4.99 Å². The SMILES string of the molecule is CCNC(=NCC1CCCN1C)NCCOc1ccc(C)cc1.I. The third-order valence-electron chi connectivity index (χ3n) is 4.16. The van der Waals surface area contributed by atoms with Gasteiger partial charge in [0, 0.05) is 12.6 Å². The topological polar surface area (TPSA) is 48.9 Å².